The van der Waals surface area contributed by atoms with Crippen molar-refractivity contribution in [3.63, 3.8) is 0 Å². The second-order valence-electron chi connectivity index (χ2n) is 5.33. The van der Waals surface area contributed by atoms with Crippen LogP contribution in [0.15, 0.2) is 24.3 Å². The normalized spacial score (nSPS) is 10.6. The van der Waals surface area contributed by atoms with Crippen LogP contribution < -0.4 is 5.32 Å². The number of aromatic nitrogens is 3. The molecule has 2 N–H and O–H groups in total. The van der Waals surface area contributed by atoms with Crippen molar-refractivity contribution < 1.29 is 19.1 Å². The lowest BCUT2D eigenvalue weighted by Gasteiger charge is -2.02. The van der Waals surface area contributed by atoms with E-state index >= 15 is 0 Å². The number of hydrogen-bond acceptors (Lipinski definition) is 4. The second kappa shape index (κ2) is 8.19. The third-order valence-corrected chi connectivity index (χ3v) is 3.40. The molecule has 0 aliphatic carbocycles. The Hall–Kier alpha value is -2.77. The number of benzene rings is 1. The van der Waals surface area contributed by atoms with Crippen LogP contribution in [0.1, 0.15) is 42.1 Å². The van der Waals surface area contributed by atoms with Gasteiger partial charge in [0.2, 0.25) is 5.82 Å². The molecule has 2 rings (SSSR count). The first kappa shape index (κ1) is 17.6. The van der Waals surface area contributed by atoms with Gasteiger partial charge in [-0.05, 0) is 44.0 Å². The molecule has 0 atom stereocenters. The molecule has 1 heterocycles. The zero-order valence-corrected chi connectivity index (χ0v) is 13.3. The minimum Gasteiger partial charge on any atom is -0.481 e. The number of carbonyl (C=O) groups is 2. The fourth-order valence-corrected chi connectivity index (χ4v) is 2.17. The summed E-state index contributed by atoms with van der Waals surface area (Å²) < 4.78 is 14.4. The van der Waals surface area contributed by atoms with Gasteiger partial charge in [-0.15, -0.1) is 5.10 Å². The average molecular weight is 334 g/mol. The first-order chi connectivity index (χ1) is 11.5. The zero-order valence-electron chi connectivity index (χ0n) is 13.3. The van der Waals surface area contributed by atoms with E-state index in [-0.39, 0.29) is 18.1 Å². The van der Waals surface area contributed by atoms with Crippen LogP contribution in [0.2, 0.25) is 0 Å². The standard InChI is InChI=1S/C16H19FN4O3/c1-11-19-15(16(24)18-10-4-2-3-5-14(22)23)20-21(11)13-8-6-12(17)7-9-13/h6-9H,2-5,10H2,1H3,(H,18,24)(H,22,23). The number of carboxylic acids is 1. The summed E-state index contributed by atoms with van der Waals surface area (Å²) in [6.45, 7) is 2.14. The van der Waals surface area contributed by atoms with Crippen molar-refractivity contribution in [3.05, 3.63) is 41.7 Å². The Balaban J connectivity index is 1.88. The quantitative estimate of drug-likeness (QED) is 0.721. The highest BCUT2D eigenvalue weighted by Gasteiger charge is 2.14. The number of nitrogens with one attached hydrogen (secondary N) is 1. The summed E-state index contributed by atoms with van der Waals surface area (Å²) in [5.41, 5.74) is 0.620. The molecule has 8 heteroatoms. The topological polar surface area (TPSA) is 97.1 Å². The van der Waals surface area contributed by atoms with Crippen molar-refractivity contribution in [1.29, 1.82) is 0 Å². The van der Waals surface area contributed by atoms with Gasteiger partial charge in [0, 0.05) is 13.0 Å². The zero-order chi connectivity index (χ0) is 17.5. The summed E-state index contributed by atoms with van der Waals surface area (Å²) in [6, 6.07) is 5.74. The summed E-state index contributed by atoms with van der Waals surface area (Å²) in [7, 11) is 0. The van der Waals surface area contributed by atoms with Crippen LogP contribution in [0.3, 0.4) is 0 Å². The number of carboxylic acid groups (broad SMARTS) is 1. The maximum Gasteiger partial charge on any atom is 0.303 e. The van der Waals surface area contributed by atoms with Gasteiger partial charge in [0.25, 0.3) is 5.91 Å². The fraction of sp³-hybridized carbons (Fsp3) is 0.375. The van der Waals surface area contributed by atoms with Crippen molar-refractivity contribution in [2.24, 2.45) is 0 Å². The number of halogens is 1. The molecule has 1 amide bonds. The molecule has 0 bridgehead atoms. The highest BCUT2D eigenvalue weighted by atomic mass is 19.1. The number of nitrogens with zero attached hydrogens (tertiary/aromatic N) is 3. The van der Waals surface area contributed by atoms with E-state index in [1.807, 2.05) is 0 Å². The van der Waals surface area contributed by atoms with Gasteiger partial charge < -0.3 is 10.4 Å². The highest BCUT2D eigenvalue weighted by molar-refractivity contribution is 5.90. The molecule has 1 aromatic heterocycles. The van der Waals surface area contributed by atoms with Gasteiger partial charge in [0.15, 0.2) is 0 Å². The van der Waals surface area contributed by atoms with E-state index in [1.165, 1.54) is 16.8 Å². The minimum absolute atomic E-state index is 0.0439. The first-order valence-corrected chi connectivity index (χ1v) is 7.67. The van der Waals surface area contributed by atoms with Gasteiger partial charge in [-0.3, -0.25) is 9.59 Å². The molecule has 24 heavy (non-hydrogen) atoms. The Morgan fingerprint density at radius 1 is 1.21 bits per heavy atom. The number of carbonyl (C=O) groups excluding carboxylic acids is 1. The van der Waals surface area contributed by atoms with Crippen molar-refractivity contribution in [2.75, 3.05) is 6.54 Å². The van der Waals surface area contributed by atoms with E-state index < -0.39 is 11.9 Å². The van der Waals surface area contributed by atoms with Crippen LogP contribution >= 0.6 is 0 Å². The Labute approximate surface area is 138 Å². The molecule has 1 aromatic carbocycles. The van der Waals surface area contributed by atoms with Crippen molar-refractivity contribution in [3.8, 4) is 5.69 Å². The number of rotatable bonds is 8. The van der Waals surface area contributed by atoms with Gasteiger partial charge in [-0.25, -0.2) is 14.1 Å². The van der Waals surface area contributed by atoms with Gasteiger partial charge in [0.05, 0.1) is 5.69 Å². The summed E-state index contributed by atoms with van der Waals surface area (Å²) in [4.78, 5) is 26.5. The van der Waals surface area contributed by atoms with E-state index in [4.69, 9.17) is 5.11 Å². The van der Waals surface area contributed by atoms with Crippen LogP contribution in [0.5, 0.6) is 0 Å². The maximum absolute atomic E-state index is 13.0. The van der Waals surface area contributed by atoms with E-state index in [1.54, 1.807) is 19.1 Å². The summed E-state index contributed by atoms with van der Waals surface area (Å²) in [5, 5.41) is 15.4. The Morgan fingerprint density at radius 3 is 2.58 bits per heavy atom. The molecule has 0 saturated carbocycles. The van der Waals surface area contributed by atoms with E-state index in [9.17, 15) is 14.0 Å². The smallest absolute Gasteiger partial charge is 0.303 e. The Morgan fingerprint density at radius 2 is 1.92 bits per heavy atom. The summed E-state index contributed by atoms with van der Waals surface area (Å²) >= 11 is 0. The minimum atomic E-state index is -0.815. The van der Waals surface area contributed by atoms with Gasteiger partial charge in [-0.1, -0.05) is 6.42 Å². The first-order valence-electron chi connectivity index (χ1n) is 7.67. The molecule has 0 unspecified atom stereocenters. The van der Waals surface area contributed by atoms with Crippen LogP contribution in [0.4, 0.5) is 4.39 Å². The number of hydrogen-bond donors (Lipinski definition) is 2. The van der Waals surface area contributed by atoms with Crippen molar-refractivity contribution in [2.45, 2.75) is 32.6 Å². The number of amides is 1. The molecule has 0 saturated heterocycles. The molecule has 0 spiro atoms. The Kier molecular flexibility index (Phi) is 6.00. The summed E-state index contributed by atoms with van der Waals surface area (Å²) in [5.74, 6) is -0.991. The van der Waals surface area contributed by atoms with Crippen molar-refractivity contribution >= 4 is 11.9 Å². The molecule has 128 valence electrons. The molecule has 2 aromatic rings. The molecule has 0 aliphatic heterocycles. The highest BCUT2D eigenvalue weighted by Crippen LogP contribution is 2.10. The predicted octanol–water partition coefficient (Wildman–Crippen LogP) is 2.09. The van der Waals surface area contributed by atoms with Gasteiger partial charge in [0.1, 0.15) is 11.6 Å². The predicted molar refractivity (Wildman–Crippen MR) is 84.5 cm³/mol. The van der Waals surface area contributed by atoms with Gasteiger partial charge in [-0.2, -0.15) is 0 Å². The third-order valence-electron chi connectivity index (χ3n) is 3.40. The Bertz CT molecular complexity index is 713. The lowest BCUT2D eigenvalue weighted by atomic mass is 10.2. The van der Waals surface area contributed by atoms with Crippen LogP contribution in [0, 0.1) is 12.7 Å². The van der Waals surface area contributed by atoms with Crippen LogP contribution in [0.25, 0.3) is 5.69 Å². The SMILES string of the molecule is Cc1nc(C(=O)NCCCCCC(=O)O)nn1-c1ccc(F)cc1. The van der Waals surface area contributed by atoms with Gasteiger partial charge >= 0.3 is 5.97 Å². The second-order valence-corrected chi connectivity index (χ2v) is 5.33. The summed E-state index contributed by atoms with van der Waals surface area (Å²) in [6.07, 6.45) is 2.14. The van der Waals surface area contributed by atoms with Crippen LogP contribution in [-0.4, -0.2) is 38.3 Å². The molecular weight excluding hydrogens is 315 g/mol. The lowest BCUT2D eigenvalue weighted by molar-refractivity contribution is -0.137. The average Bonchev–Trinajstić information content (AvgIpc) is 2.93. The molecule has 0 radical (unpaired) electrons. The molecule has 0 aliphatic rings. The lowest BCUT2D eigenvalue weighted by Crippen LogP contribution is -2.25. The van der Waals surface area contributed by atoms with Crippen LogP contribution in [-0.2, 0) is 4.79 Å². The van der Waals surface area contributed by atoms with E-state index in [0.29, 0.717) is 30.9 Å². The molecule has 7 nitrogen and oxygen atoms in total. The monoisotopic (exact) mass is 334 g/mol. The largest absolute Gasteiger partial charge is 0.481 e. The number of aryl methyl sites for hydroxylation is 1. The molecular formula is C16H19FN4O3. The number of aliphatic carboxylic acids is 1. The molecule has 0 fully saturated rings. The third kappa shape index (κ3) is 4.87. The fourth-order valence-electron chi connectivity index (χ4n) is 2.17. The maximum atomic E-state index is 13.0. The number of unbranched alkanes of at least 4 members (excludes halogenated alkanes) is 2. The van der Waals surface area contributed by atoms with E-state index in [2.05, 4.69) is 15.4 Å². The van der Waals surface area contributed by atoms with E-state index in [0.717, 1.165) is 6.42 Å². The van der Waals surface area contributed by atoms with Crippen molar-refractivity contribution in [1.82, 2.24) is 20.1 Å².